The Kier molecular flexibility index (Phi) is 7.36. The van der Waals surface area contributed by atoms with Gasteiger partial charge < -0.3 is 15.3 Å². The minimum absolute atomic E-state index is 0.113. The molecule has 1 aliphatic heterocycles. The fraction of sp³-hybridized carbons (Fsp3) is 0.478. The van der Waals surface area contributed by atoms with Gasteiger partial charge in [0.25, 0.3) is 0 Å². The van der Waals surface area contributed by atoms with Gasteiger partial charge in [-0.2, -0.15) is 0 Å². The molecule has 0 aliphatic carbocycles. The van der Waals surface area contributed by atoms with Crippen molar-refractivity contribution >= 4 is 11.8 Å². The van der Waals surface area contributed by atoms with E-state index in [1.165, 1.54) is 22.3 Å². The summed E-state index contributed by atoms with van der Waals surface area (Å²) < 4.78 is 0. The summed E-state index contributed by atoms with van der Waals surface area (Å²) in [5.74, 6) is 0. The molecule has 0 spiro atoms. The van der Waals surface area contributed by atoms with Crippen LogP contribution in [0.1, 0.15) is 47.3 Å². The molecule has 0 bridgehead atoms. The van der Waals surface area contributed by atoms with Crippen LogP contribution in [-0.4, -0.2) is 39.4 Å². The number of thioether (sulfide) groups is 1. The van der Waals surface area contributed by atoms with E-state index in [4.69, 9.17) is 0 Å². The lowest BCUT2D eigenvalue weighted by Gasteiger charge is -2.35. The average molecular weight is 387 g/mol. The number of rotatable bonds is 7. The largest absolute Gasteiger partial charge is 0.395 e. The van der Waals surface area contributed by atoms with Gasteiger partial charge in [-0.25, -0.2) is 0 Å². The monoisotopic (exact) mass is 386 g/mol. The summed E-state index contributed by atoms with van der Waals surface area (Å²) in [4.78, 5) is 0. The van der Waals surface area contributed by atoms with Crippen molar-refractivity contribution in [2.75, 3.05) is 6.61 Å². The second-order valence-electron chi connectivity index (χ2n) is 7.41. The number of benzene rings is 2. The highest BCUT2D eigenvalue weighted by Gasteiger charge is 2.36. The molecule has 1 heterocycles. The van der Waals surface area contributed by atoms with E-state index >= 15 is 0 Å². The van der Waals surface area contributed by atoms with Crippen LogP contribution >= 0.6 is 11.8 Å². The SMILES string of the molecule is CCc1ccc(CCCc2cccc(C3CC(O)[C@H](O)C(CO)S3)c2)cc1. The summed E-state index contributed by atoms with van der Waals surface area (Å²) in [5, 5.41) is 29.3. The Bertz CT molecular complexity index is 716. The molecule has 3 nitrogen and oxygen atoms in total. The molecule has 3 rings (SSSR count). The van der Waals surface area contributed by atoms with Gasteiger partial charge in [-0.3, -0.25) is 0 Å². The fourth-order valence-corrected chi connectivity index (χ4v) is 5.17. The third kappa shape index (κ3) is 5.35. The molecule has 146 valence electrons. The second-order valence-corrected chi connectivity index (χ2v) is 8.85. The number of hydrogen-bond acceptors (Lipinski definition) is 4. The summed E-state index contributed by atoms with van der Waals surface area (Å²) in [6, 6.07) is 17.4. The van der Waals surface area contributed by atoms with Gasteiger partial charge in [0.15, 0.2) is 0 Å². The number of aliphatic hydroxyl groups excluding tert-OH is 3. The van der Waals surface area contributed by atoms with Gasteiger partial charge >= 0.3 is 0 Å². The number of aliphatic hydroxyl groups is 3. The molecule has 4 atom stereocenters. The zero-order valence-electron chi connectivity index (χ0n) is 15.9. The number of hydrogen-bond donors (Lipinski definition) is 3. The maximum absolute atomic E-state index is 10.1. The first kappa shape index (κ1) is 20.4. The van der Waals surface area contributed by atoms with Crippen LogP contribution in [-0.2, 0) is 19.3 Å². The lowest BCUT2D eigenvalue weighted by molar-refractivity contribution is -0.000197. The molecular formula is C23H30O3S. The van der Waals surface area contributed by atoms with Crippen molar-refractivity contribution in [3.8, 4) is 0 Å². The van der Waals surface area contributed by atoms with Crippen molar-refractivity contribution in [3.63, 3.8) is 0 Å². The van der Waals surface area contributed by atoms with Crippen molar-refractivity contribution < 1.29 is 15.3 Å². The van der Waals surface area contributed by atoms with Crippen LogP contribution in [0, 0.1) is 0 Å². The Hall–Kier alpha value is -1.33. The summed E-state index contributed by atoms with van der Waals surface area (Å²) in [5.41, 5.74) is 5.24. The molecule has 1 aliphatic rings. The topological polar surface area (TPSA) is 60.7 Å². The smallest absolute Gasteiger partial charge is 0.0940 e. The third-order valence-corrected chi connectivity index (χ3v) is 7.01. The maximum atomic E-state index is 10.1. The average Bonchev–Trinajstić information content (AvgIpc) is 2.70. The Morgan fingerprint density at radius 1 is 0.963 bits per heavy atom. The predicted octanol–water partition coefficient (Wildman–Crippen LogP) is 3.69. The van der Waals surface area contributed by atoms with Crippen LogP contribution < -0.4 is 0 Å². The van der Waals surface area contributed by atoms with Crippen molar-refractivity contribution in [1.82, 2.24) is 0 Å². The summed E-state index contributed by atoms with van der Waals surface area (Å²) >= 11 is 1.57. The van der Waals surface area contributed by atoms with Gasteiger partial charge in [0.1, 0.15) is 0 Å². The first-order valence-electron chi connectivity index (χ1n) is 9.89. The quantitative estimate of drug-likeness (QED) is 0.679. The predicted molar refractivity (Wildman–Crippen MR) is 112 cm³/mol. The van der Waals surface area contributed by atoms with E-state index in [2.05, 4.69) is 55.5 Å². The summed E-state index contributed by atoms with van der Waals surface area (Å²) in [7, 11) is 0. The summed E-state index contributed by atoms with van der Waals surface area (Å²) in [6.07, 6.45) is 3.18. The van der Waals surface area contributed by atoms with Gasteiger partial charge in [-0.15, -0.1) is 11.8 Å². The lowest BCUT2D eigenvalue weighted by atomic mass is 9.97. The zero-order chi connectivity index (χ0) is 19.2. The number of aryl methyl sites for hydroxylation is 3. The van der Waals surface area contributed by atoms with Crippen molar-refractivity contribution in [3.05, 3.63) is 70.8 Å². The fourth-order valence-electron chi connectivity index (χ4n) is 3.71. The standard InChI is InChI=1S/C23H30O3S/c1-2-16-9-11-17(12-10-16)5-3-6-18-7-4-8-19(13-18)21-14-20(25)23(26)22(15-24)27-21/h4,7-13,20-26H,2-3,5-6,14-15H2,1H3/t20?,21?,22?,23-/m0/s1. The Morgan fingerprint density at radius 3 is 2.37 bits per heavy atom. The van der Waals surface area contributed by atoms with E-state index in [-0.39, 0.29) is 17.1 Å². The first-order chi connectivity index (χ1) is 13.1. The van der Waals surface area contributed by atoms with Crippen molar-refractivity contribution in [2.24, 2.45) is 0 Å². The van der Waals surface area contributed by atoms with Gasteiger partial charge in [0, 0.05) is 5.25 Å². The van der Waals surface area contributed by atoms with E-state index in [0.29, 0.717) is 6.42 Å². The van der Waals surface area contributed by atoms with Crippen molar-refractivity contribution in [1.29, 1.82) is 0 Å². The van der Waals surface area contributed by atoms with E-state index in [9.17, 15) is 15.3 Å². The molecule has 0 radical (unpaired) electrons. The zero-order valence-corrected chi connectivity index (χ0v) is 16.7. The highest BCUT2D eigenvalue weighted by Crippen LogP contribution is 2.42. The highest BCUT2D eigenvalue weighted by molar-refractivity contribution is 8.00. The van der Waals surface area contributed by atoms with Crippen LogP contribution in [0.5, 0.6) is 0 Å². The van der Waals surface area contributed by atoms with Gasteiger partial charge in [-0.1, -0.05) is 55.5 Å². The second kappa shape index (κ2) is 9.74. The van der Waals surface area contributed by atoms with Crippen LogP contribution in [0.25, 0.3) is 0 Å². The van der Waals surface area contributed by atoms with Crippen LogP contribution in [0.4, 0.5) is 0 Å². The molecule has 27 heavy (non-hydrogen) atoms. The third-order valence-electron chi connectivity index (χ3n) is 5.43. The lowest BCUT2D eigenvalue weighted by Crippen LogP contribution is -2.42. The Balaban J connectivity index is 1.58. The minimum Gasteiger partial charge on any atom is -0.395 e. The Morgan fingerprint density at radius 2 is 1.67 bits per heavy atom. The van der Waals surface area contributed by atoms with E-state index < -0.39 is 12.2 Å². The van der Waals surface area contributed by atoms with Crippen molar-refractivity contribution in [2.45, 2.75) is 61.7 Å². The molecular weight excluding hydrogens is 356 g/mol. The maximum Gasteiger partial charge on any atom is 0.0940 e. The van der Waals surface area contributed by atoms with E-state index in [1.54, 1.807) is 11.8 Å². The van der Waals surface area contributed by atoms with Crippen LogP contribution in [0.15, 0.2) is 48.5 Å². The molecule has 3 unspecified atom stereocenters. The molecule has 0 saturated carbocycles. The molecule has 0 aromatic heterocycles. The highest BCUT2D eigenvalue weighted by atomic mass is 32.2. The first-order valence-corrected chi connectivity index (χ1v) is 10.8. The van der Waals surface area contributed by atoms with Crippen LogP contribution in [0.3, 0.4) is 0 Å². The van der Waals surface area contributed by atoms with Crippen LogP contribution in [0.2, 0.25) is 0 Å². The molecule has 2 aromatic carbocycles. The normalized spacial score (nSPS) is 25.5. The van der Waals surface area contributed by atoms with Gasteiger partial charge in [-0.05, 0) is 54.4 Å². The summed E-state index contributed by atoms with van der Waals surface area (Å²) in [6.45, 7) is 2.06. The van der Waals surface area contributed by atoms with Gasteiger partial charge in [0.05, 0.1) is 24.1 Å². The molecule has 1 saturated heterocycles. The molecule has 2 aromatic rings. The minimum atomic E-state index is -0.849. The van der Waals surface area contributed by atoms with E-state index in [1.807, 2.05) is 0 Å². The molecule has 1 fully saturated rings. The molecule has 0 amide bonds. The molecule has 4 heteroatoms. The van der Waals surface area contributed by atoms with E-state index in [0.717, 1.165) is 25.7 Å². The Labute approximate surface area is 166 Å². The van der Waals surface area contributed by atoms with Gasteiger partial charge in [0.2, 0.25) is 0 Å². The molecule has 3 N–H and O–H groups in total.